The van der Waals surface area contributed by atoms with E-state index >= 15 is 0 Å². The Labute approximate surface area is 141 Å². The van der Waals surface area contributed by atoms with Crippen molar-refractivity contribution in [1.29, 1.82) is 0 Å². The molecule has 0 aromatic heterocycles. The summed E-state index contributed by atoms with van der Waals surface area (Å²) in [6.45, 7) is 3.72. The third-order valence-corrected chi connectivity index (χ3v) is 4.04. The zero-order valence-corrected chi connectivity index (χ0v) is 13.7. The van der Waals surface area contributed by atoms with Crippen LogP contribution in [0.3, 0.4) is 0 Å². The maximum Gasteiger partial charge on any atom is 0.196 e. The monoisotopic (exact) mass is 318 g/mol. The first kappa shape index (κ1) is 15.9. The van der Waals surface area contributed by atoms with Crippen LogP contribution in [0.15, 0.2) is 77.9 Å². The molecule has 0 atom stereocenters. The van der Waals surface area contributed by atoms with E-state index < -0.39 is 5.60 Å². The molecule has 24 heavy (non-hydrogen) atoms. The van der Waals surface area contributed by atoms with Crippen LogP contribution in [0, 0.1) is 0 Å². The normalized spacial score (nSPS) is 17.7. The lowest BCUT2D eigenvalue weighted by atomic mass is 9.90. The van der Waals surface area contributed by atoms with Gasteiger partial charge in [0.05, 0.1) is 5.57 Å². The van der Waals surface area contributed by atoms with Crippen LogP contribution < -0.4 is 0 Å². The van der Waals surface area contributed by atoms with Gasteiger partial charge in [0.1, 0.15) is 11.4 Å². The van der Waals surface area contributed by atoms with Crippen LogP contribution in [0.25, 0.3) is 5.76 Å². The van der Waals surface area contributed by atoms with E-state index in [1.54, 1.807) is 30.3 Å². The van der Waals surface area contributed by atoms with Crippen molar-refractivity contribution in [2.75, 3.05) is 0 Å². The second-order valence-corrected chi connectivity index (χ2v) is 6.13. The van der Waals surface area contributed by atoms with Crippen molar-refractivity contribution < 1.29 is 14.3 Å². The number of aldehydes is 1. The van der Waals surface area contributed by atoms with E-state index in [1.807, 2.05) is 50.2 Å². The molecule has 0 unspecified atom stereocenters. The Morgan fingerprint density at radius 2 is 1.54 bits per heavy atom. The average molecular weight is 318 g/mol. The van der Waals surface area contributed by atoms with E-state index in [1.165, 1.54) is 0 Å². The summed E-state index contributed by atoms with van der Waals surface area (Å²) in [7, 11) is 0. The summed E-state index contributed by atoms with van der Waals surface area (Å²) in [4.78, 5) is 24.4. The zero-order chi connectivity index (χ0) is 17.2. The highest BCUT2D eigenvalue weighted by Crippen LogP contribution is 2.39. The van der Waals surface area contributed by atoms with Crippen molar-refractivity contribution in [2.45, 2.75) is 19.4 Å². The fraction of sp³-hybridized carbons (Fsp3) is 0.143. The van der Waals surface area contributed by atoms with Gasteiger partial charge in [-0.1, -0.05) is 60.7 Å². The fourth-order valence-corrected chi connectivity index (χ4v) is 2.80. The first-order valence-electron chi connectivity index (χ1n) is 7.79. The van der Waals surface area contributed by atoms with Crippen LogP contribution >= 0.6 is 0 Å². The minimum atomic E-state index is -0.744. The minimum absolute atomic E-state index is 0.136. The number of carbonyl (C=O) groups excluding carboxylic acids is 2. The van der Waals surface area contributed by atoms with Crippen LogP contribution in [0.1, 0.15) is 29.8 Å². The van der Waals surface area contributed by atoms with Gasteiger partial charge in [0, 0.05) is 16.7 Å². The van der Waals surface area contributed by atoms with Crippen molar-refractivity contribution in [3.05, 3.63) is 89.0 Å². The molecule has 0 amide bonds. The topological polar surface area (TPSA) is 43.4 Å². The van der Waals surface area contributed by atoms with Crippen molar-refractivity contribution >= 4 is 17.8 Å². The molecule has 0 fully saturated rings. The zero-order valence-electron chi connectivity index (χ0n) is 13.7. The van der Waals surface area contributed by atoms with E-state index in [4.69, 9.17) is 4.74 Å². The number of ether oxygens (including phenoxy) is 1. The predicted molar refractivity (Wildman–Crippen MR) is 93.4 cm³/mol. The average Bonchev–Trinajstić information content (AvgIpc) is 2.92. The number of benzene rings is 2. The third kappa shape index (κ3) is 2.93. The van der Waals surface area contributed by atoms with Gasteiger partial charge >= 0.3 is 0 Å². The van der Waals surface area contributed by atoms with Crippen molar-refractivity contribution in [3.63, 3.8) is 0 Å². The Balaban J connectivity index is 2.09. The summed E-state index contributed by atoms with van der Waals surface area (Å²) >= 11 is 0. The lowest BCUT2D eigenvalue weighted by Crippen LogP contribution is -2.24. The number of rotatable bonds is 4. The summed E-state index contributed by atoms with van der Waals surface area (Å²) < 4.78 is 6.01. The molecule has 1 aliphatic heterocycles. The Bertz CT molecular complexity index is 828. The molecule has 0 radical (unpaired) electrons. The number of hydrogen-bond donors (Lipinski definition) is 0. The van der Waals surface area contributed by atoms with Gasteiger partial charge in [-0.15, -0.1) is 0 Å². The van der Waals surface area contributed by atoms with E-state index in [0.29, 0.717) is 23.2 Å². The van der Waals surface area contributed by atoms with Crippen LogP contribution in [-0.4, -0.2) is 17.7 Å². The van der Waals surface area contributed by atoms with E-state index in [9.17, 15) is 9.59 Å². The number of allylic oxidation sites excluding steroid dienone is 1. The molecule has 3 rings (SSSR count). The highest BCUT2D eigenvalue weighted by molar-refractivity contribution is 6.21. The van der Waals surface area contributed by atoms with Gasteiger partial charge in [-0.2, -0.15) is 0 Å². The summed E-state index contributed by atoms with van der Waals surface area (Å²) in [5.41, 5.74) is 1.40. The molecular formula is C21H18O3. The molecule has 0 aliphatic carbocycles. The van der Waals surface area contributed by atoms with Gasteiger partial charge in [0.2, 0.25) is 0 Å². The van der Waals surface area contributed by atoms with E-state index in [2.05, 4.69) is 0 Å². The van der Waals surface area contributed by atoms with Crippen LogP contribution in [0.4, 0.5) is 0 Å². The lowest BCUT2D eigenvalue weighted by molar-refractivity contribution is -0.104. The number of hydrogen-bond acceptors (Lipinski definition) is 3. The molecule has 1 heterocycles. The number of carbonyl (C=O) groups is 2. The van der Waals surface area contributed by atoms with Gasteiger partial charge in [0.15, 0.2) is 12.1 Å². The maximum atomic E-state index is 12.7. The molecule has 0 bridgehead atoms. The van der Waals surface area contributed by atoms with Crippen LogP contribution in [-0.2, 0) is 9.53 Å². The van der Waals surface area contributed by atoms with Gasteiger partial charge in [0.25, 0.3) is 0 Å². The third-order valence-electron chi connectivity index (χ3n) is 4.04. The van der Waals surface area contributed by atoms with Gasteiger partial charge in [-0.25, -0.2) is 0 Å². The molecule has 120 valence electrons. The SMILES string of the molecule is CC1(C)OC(c2ccccc2)=C/C1=C(\C=O)C(=O)c1ccccc1. The molecule has 3 heteroatoms. The van der Waals surface area contributed by atoms with E-state index in [0.717, 1.165) is 5.56 Å². The summed E-state index contributed by atoms with van der Waals surface area (Å²) in [5, 5.41) is 0. The first-order chi connectivity index (χ1) is 11.5. The second kappa shape index (κ2) is 6.28. The van der Waals surface area contributed by atoms with Gasteiger partial charge < -0.3 is 4.74 Å². The lowest BCUT2D eigenvalue weighted by Gasteiger charge is -2.23. The highest BCUT2D eigenvalue weighted by atomic mass is 16.5. The Hall–Kier alpha value is -2.94. The molecule has 2 aromatic rings. The molecule has 0 spiro atoms. The Kier molecular flexibility index (Phi) is 4.17. The largest absolute Gasteiger partial charge is 0.482 e. The predicted octanol–water partition coefficient (Wildman–Crippen LogP) is 4.21. The van der Waals surface area contributed by atoms with Crippen molar-refractivity contribution in [3.8, 4) is 0 Å². The molecule has 1 aliphatic rings. The fourth-order valence-electron chi connectivity index (χ4n) is 2.80. The van der Waals surface area contributed by atoms with E-state index in [-0.39, 0.29) is 11.4 Å². The number of Topliss-reactive ketones (excluding diaryl/α,β-unsaturated/α-hetero) is 1. The smallest absolute Gasteiger partial charge is 0.196 e. The summed E-state index contributed by atoms with van der Waals surface area (Å²) in [6, 6.07) is 18.4. The van der Waals surface area contributed by atoms with Crippen LogP contribution in [0.5, 0.6) is 0 Å². The van der Waals surface area contributed by atoms with Crippen LogP contribution in [0.2, 0.25) is 0 Å². The molecule has 3 nitrogen and oxygen atoms in total. The molecule has 0 saturated heterocycles. The highest BCUT2D eigenvalue weighted by Gasteiger charge is 2.36. The first-order valence-corrected chi connectivity index (χ1v) is 7.79. The molecule has 2 aromatic carbocycles. The summed E-state index contributed by atoms with van der Waals surface area (Å²) in [6.07, 6.45) is 2.42. The van der Waals surface area contributed by atoms with Gasteiger partial charge in [-0.3, -0.25) is 9.59 Å². The molecular weight excluding hydrogens is 300 g/mol. The molecule has 0 N–H and O–H groups in total. The van der Waals surface area contributed by atoms with Crippen molar-refractivity contribution in [2.24, 2.45) is 0 Å². The second-order valence-electron chi connectivity index (χ2n) is 6.13. The summed E-state index contributed by atoms with van der Waals surface area (Å²) in [5.74, 6) is 0.374. The molecule has 0 saturated carbocycles. The Morgan fingerprint density at radius 1 is 0.958 bits per heavy atom. The Morgan fingerprint density at radius 3 is 2.12 bits per heavy atom. The quantitative estimate of drug-likeness (QED) is 0.279. The van der Waals surface area contributed by atoms with Crippen molar-refractivity contribution in [1.82, 2.24) is 0 Å². The standard InChI is InChI=1S/C21H18O3/c1-21(2)18(13-19(24-21)15-9-5-3-6-10-15)17(14-22)20(23)16-11-7-4-8-12-16/h3-14H,1-2H3/b18-17-. The maximum absolute atomic E-state index is 12.7. The van der Waals surface area contributed by atoms with Gasteiger partial charge in [-0.05, 0) is 19.9 Å². The minimum Gasteiger partial charge on any atom is -0.482 e. The number of ketones is 1.